The number of ketones is 1. The number of halogens is 4. The largest absolute Gasteiger partial charge is 0.493 e. The number of hydrogen-bond acceptors (Lipinski definition) is 2. The van der Waals surface area contributed by atoms with Crippen LogP contribution in [0, 0.1) is 0 Å². The third-order valence-electron chi connectivity index (χ3n) is 3.16. The highest BCUT2D eigenvalue weighted by molar-refractivity contribution is 5.86. The number of benzene rings is 1. The summed E-state index contributed by atoms with van der Waals surface area (Å²) in [7, 11) is 0. The summed E-state index contributed by atoms with van der Waals surface area (Å²) < 4.78 is 55.4. The topological polar surface area (TPSA) is 26.3 Å². The van der Waals surface area contributed by atoms with Crippen molar-refractivity contribution < 1.29 is 27.1 Å². The van der Waals surface area contributed by atoms with Gasteiger partial charge in [-0.25, -0.2) is 8.78 Å². The number of carbonyl (C=O) groups is 1. The highest BCUT2D eigenvalue weighted by Gasteiger charge is 2.48. The molecule has 0 radical (unpaired) electrons. The first-order valence-corrected chi connectivity index (χ1v) is 5.84. The third-order valence-corrected chi connectivity index (χ3v) is 3.16. The zero-order valence-corrected chi connectivity index (χ0v) is 9.91. The Labute approximate surface area is 107 Å². The Hall–Kier alpha value is -1.59. The van der Waals surface area contributed by atoms with Crippen LogP contribution in [-0.4, -0.2) is 24.7 Å². The van der Waals surface area contributed by atoms with E-state index in [1.807, 2.05) is 0 Å². The lowest BCUT2D eigenvalue weighted by Gasteiger charge is -2.26. The summed E-state index contributed by atoms with van der Waals surface area (Å²) in [6.45, 7) is 0.287. The van der Waals surface area contributed by atoms with Gasteiger partial charge in [0.2, 0.25) is 5.78 Å². The maximum absolute atomic E-state index is 12.9. The van der Waals surface area contributed by atoms with Gasteiger partial charge in [0.15, 0.2) is 0 Å². The van der Waals surface area contributed by atoms with Crippen molar-refractivity contribution >= 4 is 5.78 Å². The van der Waals surface area contributed by atoms with Crippen LogP contribution in [0.2, 0.25) is 0 Å². The van der Waals surface area contributed by atoms with Crippen molar-refractivity contribution in [1.29, 1.82) is 0 Å². The Bertz CT molecular complexity index is 473. The van der Waals surface area contributed by atoms with Gasteiger partial charge in [0.1, 0.15) is 5.75 Å². The Morgan fingerprint density at radius 2 is 2.05 bits per heavy atom. The zero-order valence-electron chi connectivity index (χ0n) is 9.91. The predicted octanol–water partition coefficient (Wildman–Crippen LogP) is 3.41. The van der Waals surface area contributed by atoms with Crippen LogP contribution < -0.4 is 4.74 Å². The van der Waals surface area contributed by atoms with E-state index in [0.717, 1.165) is 0 Å². The summed E-state index contributed by atoms with van der Waals surface area (Å²) in [5.41, 5.74) is 0.618. The van der Waals surface area contributed by atoms with Crippen molar-refractivity contribution in [3.8, 4) is 5.75 Å². The molecule has 0 saturated heterocycles. The molecule has 1 aliphatic heterocycles. The van der Waals surface area contributed by atoms with E-state index in [0.29, 0.717) is 17.7 Å². The van der Waals surface area contributed by atoms with Gasteiger partial charge in [-0.3, -0.25) is 4.79 Å². The fourth-order valence-electron chi connectivity index (χ4n) is 2.11. The van der Waals surface area contributed by atoms with Crippen LogP contribution in [0.1, 0.15) is 24.3 Å². The molecule has 0 fully saturated rings. The number of para-hydroxylation sites is 1. The maximum Gasteiger partial charge on any atom is 0.364 e. The van der Waals surface area contributed by atoms with E-state index in [1.54, 1.807) is 24.3 Å². The zero-order chi connectivity index (χ0) is 14.0. The second kappa shape index (κ2) is 5.19. The van der Waals surface area contributed by atoms with E-state index in [2.05, 4.69) is 0 Å². The molecule has 1 aromatic rings. The van der Waals surface area contributed by atoms with Crippen molar-refractivity contribution in [2.75, 3.05) is 6.61 Å². The van der Waals surface area contributed by atoms with E-state index in [-0.39, 0.29) is 6.61 Å². The van der Waals surface area contributed by atoms with Crippen LogP contribution in [0.4, 0.5) is 17.6 Å². The average Bonchev–Trinajstić information content (AvgIpc) is 2.39. The molecule has 2 nitrogen and oxygen atoms in total. The molecule has 1 aromatic carbocycles. The first-order valence-electron chi connectivity index (χ1n) is 5.84. The lowest BCUT2D eigenvalue weighted by molar-refractivity contribution is -0.167. The molecule has 19 heavy (non-hydrogen) atoms. The minimum Gasteiger partial charge on any atom is -0.493 e. The van der Waals surface area contributed by atoms with Gasteiger partial charge >= 0.3 is 12.3 Å². The molecule has 2 rings (SSSR count). The molecule has 1 heterocycles. The Morgan fingerprint density at radius 1 is 1.37 bits per heavy atom. The molecule has 0 saturated carbocycles. The SMILES string of the molecule is O=C(CC1CCOc2ccccc21)C(F)(F)C(F)F. The van der Waals surface area contributed by atoms with Gasteiger partial charge in [-0.05, 0) is 24.0 Å². The summed E-state index contributed by atoms with van der Waals surface area (Å²) in [6.07, 6.45) is -4.20. The first kappa shape index (κ1) is 13.8. The number of fused-ring (bicyclic) bond motifs is 1. The molecule has 0 spiro atoms. The monoisotopic (exact) mass is 276 g/mol. The van der Waals surface area contributed by atoms with Gasteiger partial charge < -0.3 is 4.74 Å². The highest BCUT2D eigenvalue weighted by atomic mass is 19.3. The van der Waals surface area contributed by atoms with Crippen molar-refractivity contribution in [2.24, 2.45) is 0 Å². The average molecular weight is 276 g/mol. The Kier molecular flexibility index (Phi) is 3.78. The number of carbonyl (C=O) groups excluding carboxylic acids is 1. The molecule has 1 atom stereocenters. The smallest absolute Gasteiger partial charge is 0.364 e. The lowest BCUT2D eigenvalue weighted by Crippen LogP contribution is -2.37. The van der Waals surface area contributed by atoms with Crippen LogP contribution in [0.5, 0.6) is 5.75 Å². The van der Waals surface area contributed by atoms with Gasteiger partial charge in [0, 0.05) is 6.42 Å². The van der Waals surface area contributed by atoms with Crippen LogP contribution in [0.25, 0.3) is 0 Å². The molecule has 0 aliphatic carbocycles. The lowest BCUT2D eigenvalue weighted by atomic mass is 9.87. The Balaban J connectivity index is 2.15. The molecular formula is C13H12F4O2. The molecule has 0 N–H and O–H groups in total. The second-order valence-corrected chi connectivity index (χ2v) is 4.42. The predicted molar refractivity (Wildman–Crippen MR) is 59.9 cm³/mol. The van der Waals surface area contributed by atoms with Crippen molar-refractivity contribution in [1.82, 2.24) is 0 Å². The summed E-state index contributed by atoms with van der Waals surface area (Å²) >= 11 is 0. The molecule has 104 valence electrons. The molecule has 0 aromatic heterocycles. The standard InChI is InChI=1S/C13H12F4O2/c14-12(15)13(16,17)11(18)7-8-5-6-19-10-4-2-1-3-9(8)10/h1-4,8,12H,5-7H2. The third kappa shape index (κ3) is 2.72. The van der Waals surface area contributed by atoms with E-state index in [9.17, 15) is 22.4 Å². The van der Waals surface area contributed by atoms with Gasteiger partial charge in [0.05, 0.1) is 6.61 Å². The van der Waals surface area contributed by atoms with E-state index >= 15 is 0 Å². The van der Waals surface area contributed by atoms with Gasteiger partial charge in [-0.15, -0.1) is 0 Å². The summed E-state index contributed by atoms with van der Waals surface area (Å²) in [6, 6.07) is 6.73. The van der Waals surface area contributed by atoms with Crippen molar-refractivity contribution in [3.63, 3.8) is 0 Å². The number of rotatable bonds is 4. The van der Waals surface area contributed by atoms with Crippen LogP contribution in [-0.2, 0) is 4.79 Å². The molecule has 0 bridgehead atoms. The molecule has 1 aliphatic rings. The number of Topliss-reactive ketones (excluding diaryl/α,β-unsaturated/α-hetero) is 1. The van der Waals surface area contributed by atoms with E-state index in [1.165, 1.54) is 0 Å². The summed E-state index contributed by atoms with van der Waals surface area (Å²) in [5.74, 6) is -6.27. The van der Waals surface area contributed by atoms with E-state index in [4.69, 9.17) is 4.74 Å². The van der Waals surface area contributed by atoms with Gasteiger partial charge in [-0.2, -0.15) is 8.78 Å². The molecule has 0 amide bonds. The quantitative estimate of drug-likeness (QED) is 0.788. The Morgan fingerprint density at radius 3 is 2.74 bits per heavy atom. The van der Waals surface area contributed by atoms with Crippen LogP contribution >= 0.6 is 0 Å². The summed E-state index contributed by atoms with van der Waals surface area (Å²) in [5, 5.41) is 0. The number of hydrogen-bond donors (Lipinski definition) is 0. The van der Waals surface area contributed by atoms with E-state index < -0.39 is 30.5 Å². The first-order chi connectivity index (χ1) is 8.93. The number of ether oxygens (including phenoxy) is 1. The maximum atomic E-state index is 12.9. The normalized spacial score (nSPS) is 18.9. The molecule has 1 unspecified atom stereocenters. The fourth-order valence-corrected chi connectivity index (χ4v) is 2.11. The fraction of sp³-hybridized carbons (Fsp3) is 0.462. The van der Waals surface area contributed by atoms with Crippen LogP contribution in [0.3, 0.4) is 0 Å². The van der Waals surface area contributed by atoms with Gasteiger partial charge in [-0.1, -0.05) is 18.2 Å². The summed E-state index contributed by atoms with van der Waals surface area (Å²) in [4.78, 5) is 11.3. The minimum absolute atomic E-state index is 0.287. The molecule has 6 heteroatoms. The minimum atomic E-state index is -4.58. The molecular weight excluding hydrogens is 264 g/mol. The van der Waals surface area contributed by atoms with Crippen molar-refractivity contribution in [3.05, 3.63) is 29.8 Å². The second-order valence-electron chi connectivity index (χ2n) is 4.42. The van der Waals surface area contributed by atoms with Crippen molar-refractivity contribution in [2.45, 2.75) is 31.1 Å². The van der Waals surface area contributed by atoms with Crippen LogP contribution in [0.15, 0.2) is 24.3 Å². The van der Waals surface area contributed by atoms with Gasteiger partial charge in [0.25, 0.3) is 0 Å². The number of alkyl halides is 4. The highest BCUT2D eigenvalue weighted by Crippen LogP contribution is 2.37.